The van der Waals surface area contributed by atoms with E-state index in [2.05, 4.69) is 0 Å². The molecule has 0 amide bonds. The second-order valence-corrected chi connectivity index (χ2v) is 5.41. The Morgan fingerprint density at radius 1 is 1.27 bits per heavy atom. The number of nitrogens with two attached hydrogens (primary N) is 1. The monoisotopic (exact) mass is 351 g/mol. The molecule has 15 heavy (non-hydrogen) atoms. The van der Waals surface area contributed by atoms with Gasteiger partial charge in [-0.15, -0.1) is 0 Å². The maximum absolute atomic E-state index is 12.4. The second kappa shape index (κ2) is 3.91. The van der Waals surface area contributed by atoms with Crippen LogP contribution in [-0.4, -0.2) is 8.42 Å². The topological polar surface area (TPSA) is 60.2 Å². The summed E-state index contributed by atoms with van der Waals surface area (Å²) in [5, 5.41) is 4.72. The van der Waals surface area contributed by atoms with Crippen LogP contribution in [0.25, 0.3) is 0 Å². The predicted molar refractivity (Wildman–Crippen MR) is 55.5 cm³/mol. The van der Waals surface area contributed by atoms with Crippen molar-refractivity contribution >= 4 is 32.6 Å². The normalized spacial score (nSPS) is 12.9. The molecule has 1 aromatic rings. The molecule has 8 heteroatoms. The summed E-state index contributed by atoms with van der Waals surface area (Å²) in [6.45, 7) is 0. The number of hydrogen-bond donors (Lipinski definition) is 1. The van der Waals surface area contributed by atoms with Gasteiger partial charge in [0, 0.05) is 3.57 Å². The summed E-state index contributed by atoms with van der Waals surface area (Å²) in [5.41, 5.74) is -1.00. The molecule has 0 radical (unpaired) electrons. The average Bonchev–Trinajstić information content (AvgIpc) is 2.00. The van der Waals surface area contributed by atoms with Gasteiger partial charge in [0.2, 0.25) is 10.0 Å². The Morgan fingerprint density at radius 2 is 1.80 bits per heavy atom. The van der Waals surface area contributed by atoms with Gasteiger partial charge in [0.15, 0.2) is 0 Å². The van der Waals surface area contributed by atoms with Gasteiger partial charge in [0.05, 0.1) is 10.5 Å². The molecule has 0 heterocycles. The smallest absolute Gasteiger partial charge is 0.225 e. The highest BCUT2D eigenvalue weighted by atomic mass is 127. The number of rotatable bonds is 1. The Kier molecular flexibility index (Phi) is 3.31. The van der Waals surface area contributed by atoms with Gasteiger partial charge < -0.3 is 0 Å². The molecule has 0 saturated carbocycles. The fourth-order valence-corrected chi connectivity index (χ4v) is 2.08. The van der Waals surface area contributed by atoms with Gasteiger partial charge in [-0.05, 0) is 40.8 Å². The summed E-state index contributed by atoms with van der Waals surface area (Å²) in [7, 11) is -4.11. The van der Waals surface area contributed by atoms with Crippen molar-refractivity contribution in [2.24, 2.45) is 5.14 Å². The van der Waals surface area contributed by atoms with E-state index in [0.717, 1.165) is 12.1 Å². The van der Waals surface area contributed by atoms with E-state index in [1.165, 1.54) is 22.6 Å². The molecule has 1 rings (SSSR count). The molecule has 0 unspecified atom stereocenters. The average molecular weight is 351 g/mol. The summed E-state index contributed by atoms with van der Waals surface area (Å²) >= 11 is 1.47. The van der Waals surface area contributed by atoms with Crippen molar-refractivity contribution in [2.75, 3.05) is 0 Å². The second-order valence-electron chi connectivity index (χ2n) is 2.68. The highest BCUT2D eigenvalue weighted by molar-refractivity contribution is 14.1. The van der Waals surface area contributed by atoms with E-state index in [1.54, 1.807) is 0 Å². The molecule has 1 aromatic carbocycles. The molecule has 0 bridgehead atoms. The molecule has 0 aromatic heterocycles. The maximum Gasteiger partial charge on any atom is 0.417 e. The van der Waals surface area contributed by atoms with Crippen molar-refractivity contribution in [1.29, 1.82) is 0 Å². The highest BCUT2D eigenvalue weighted by Gasteiger charge is 2.33. The minimum Gasteiger partial charge on any atom is -0.225 e. The van der Waals surface area contributed by atoms with Crippen molar-refractivity contribution in [2.45, 2.75) is 11.1 Å². The zero-order valence-corrected chi connectivity index (χ0v) is 10.0. The van der Waals surface area contributed by atoms with E-state index >= 15 is 0 Å². The third kappa shape index (κ3) is 3.05. The predicted octanol–water partition coefficient (Wildman–Crippen LogP) is 1.96. The van der Waals surface area contributed by atoms with Gasteiger partial charge in [0.25, 0.3) is 0 Å². The Hall–Kier alpha value is -0.350. The van der Waals surface area contributed by atoms with Crippen LogP contribution >= 0.6 is 22.6 Å². The molecule has 0 aliphatic rings. The number of halogens is 4. The lowest BCUT2D eigenvalue weighted by Gasteiger charge is -2.09. The SMILES string of the molecule is NS(=O)(=O)c1ccc(I)c(C(F)(F)F)c1. The zero-order chi connectivity index (χ0) is 11.9. The molecular weight excluding hydrogens is 346 g/mol. The van der Waals surface area contributed by atoms with E-state index < -0.39 is 26.7 Å². The standard InChI is InChI=1S/C7H5F3INO2S/c8-7(9,10)5-3-4(15(12,13)14)1-2-6(5)11/h1-3H,(H2,12,13,14). The van der Waals surface area contributed by atoms with Crippen LogP contribution in [0.3, 0.4) is 0 Å². The first-order chi connectivity index (χ1) is 6.62. The number of benzene rings is 1. The number of hydrogen-bond acceptors (Lipinski definition) is 2. The Labute approximate surface area is 97.7 Å². The molecule has 0 aliphatic heterocycles. The van der Waals surface area contributed by atoms with Gasteiger partial charge >= 0.3 is 6.18 Å². The van der Waals surface area contributed by atoms with Crippen LogP contribution in [0.1, 0.15) is 5.56 Å². The first-order valence-corrected chi connectivity index (χ1v) is 6.14. The lowest BCUT2D eigenvalue weighted by atomic mass is 10.2. The van der Waals surface area contributed by atoms with Crippen LogP contribution < -0.4 is 5.14 Å². The molecule has 0 atom stereocenters. The molecule has 84 valence electrons. The third-order valence-corrected chi connectivity index (χ3v) is 3.42. The molecule has 3 nitrogen and oxygen atoms in total. The van der Waals surface area contributed by atoms with Crippen LogP contribution in [-0.2, 0) is 16.2 Å². The lowest BCUT2D eigenvalue weighted by Crippen LogP contribution is -2.15. The number of sulfonamides is 1. The van der Waals surface area contributed by atoms with Gasteiger partial charge in [-0.1, -0.05) is 0 Å². The minimum absolute atomic E-state index is 0.0764. The van der Waals surface area contributed by atoms with E-state index in [9.17, 15) is 21.6 Å². The summed E-state index contributed by atoms with van der Waals surface area (Å²) < 4.78 is 58.7. The van der Waals surface area contributed by atoms with Gasteiger partial charge in [0.1, 0.15) is 0 Å². The van der Waals surface area contributed by atoms with Gasteiger partial charge in [-0.2, -0.15) is 13.2 Å². The molecule has 0 spiro atoms. The van der Waals surface area contributed by atoms with Crippen molar-refractivity contribution in [3.05, 3.63) is 27.3 Å². The van der Waals surface area contributed by atoms with Crippen molar-refractivity contribution in [3.63, 3.8) is 0 Å². The largest absolute Gasteiger partial charge is 0.417 e. The van der Waals surface area contributed by atoms with Crippen LogP contribution in [0.5, 0.6) is 0 Å². The number of alkyl halides is 3. The van der Waals surface area contributed by atoms with E-state index in [4.69, 9.17) is 5.14 Å². The number of primary sulfonamides is 1. The summed E-state index contributed by atoms with van der Waals surface area (Å²) in [4.78, 5) is -0.546. The summed E-state index contributed by atoms with van der Waals surface area (Å²) in [6, 6.07) is 2.62. The van der Waals surface area contributed by atoms with Crippen LogP contribution in [0, 0.1) is 3.57 Å². The Bertz CT molecular complexity index is 483. The van der Waals surface area contributed by atoms with Crippen molar-refractivity contribution < 1.29 is 21.6 Å². The fraction of sp³-hybridized carbons (Fsp3) is 0.143. The first kappa shape index (κ1) is 12.7. The Balaban J connectivity index is 3.43. The highest BCUT2D eigenvalue weighted by Crippen LogP contribution is 2.33. The molecule has 0 fully saturated rings. The molecule has 0 saturated heterocycles. The van der Waals surface area contributed by atoms with Crippen molar-refractivity contribution in [1.82, 2.24) is 0 Å². The lowest BCUT2D eigenvalue weighted by molar-refractivity contribution is -0.138. The van der Waals surface area contributed by atoms with Crippen LogP contribution in [0.4, 0.5) is 13.2 Å². The van der Waals surface area contributed by atoms with E-state index in [-0.39, 0.29) is 3.57 Å². The van der Waals surface area contributed by atoms with Gasteiger partial charge in [-0.3, -0.25) is 0 Å². The third-order valence-electron chi connectivity index (χ3n) is 1.57. The van der Waals surface area contributed by atoms with E-state index in [0.29, 0.717) is 6.07 Å². The fourth-order valence-electron chi connectivity index (χ4n) is 0.899. The summed E-state index contributed by atoms with van der Waals surface area (Å²) in [6.07, 6.45) is -4.59. The van der Waals surface area contributed by atoms with E-state index in [1.807, 2.05) is 0 Å². The molecular formula is C7H5F3INO2S. The quantitative estimate of drug-likeness (QED) is 0.787. The van der Waals surface area contributed by atoms with Crippen molar-refractivity contribution in [3.8, 4) is 0 Å². The van der Waals surface area contributed by atoms with Crippen LogP contribution in [0.15, 0.2) is 23.1 Å². The maximum atomic E-state index is 12.4. The summed E-state index contributed by atoms with van der Waals surface area (Å²) in [5.74, 6) is 0. The molecule has 2 N–H and O–H groups in total. The van der Waals surface area contributed by atoms with Crippen LogP contribution in [0.2, 0.25) is 0 Å². The minimum atomic E-state index is -4.59. The Morgan fingerprint density at radius 3 is 2.20 bits per heavy atom. The molecule has 0 aliphatic carbocycles. The van der Waals surface area contributed by atoms with Gasteiger partial charge in [-0.25, -0.2) is 13.6 Å². The zero-order valence-electron chi connectivity index (χ0n) is 7.05. The first-order valence-electron chi connectivity index (χ1n) is 3.52.